The van der Waals surface area contributed by atoms with Crippen LogP contribution in [0.4, 0.5) is 20.2 Å². The number of fused-ring (bicyclic) bond motifs is 1. The molecule has 0 radical (unpaired) electrons. The Morgan fingerprint density at radius 2 is 1.97 bits per heavy atom. The second-order valence-corrected chi connectivity index (χ2v) is 11.9. The van der Waals surface area contributed by atoms with E-state index in [1.165, 1.54) is 17.7 Å². The molecule has 1 saturated carbocycles. The van der Waals surface area contributed by atoms with Crippen LogP contribution >= 0.6 is 0 Å². The summed E-state index contributed by atoms with van der Waals surface area (Å²) in [6, 6.07) is 6.42. The maximum Gasteiger partial charge on any atom is 0.295 e. The van der Waals surface area contributed by atoms with Crippen molar-refractivity contribution in [2.45, 2.75) is 62.7 Å². The van der Waals surface area contributed by atoms with E-state index in [-0.39, 0.29) is 52.2 Å². The van der Waals surface area contributed by atoms with Gasteiger partial charge < -0.3 is 14.8 Å². The number of hydrogen-bond acceptors (Lipinski definition) is 8. The number of benzene rings is 1. The smallest absolute Gasteiger partial charge is 0.295 e. The highest BCUT2D eigenvalue weighted by Crippen LogP contribution is 2.37. The number of ether oxygens (including phenoxy) is 2. The molecule has 204 valence electrons. The maximum atomic E-state index is 14.2. The topological polar surface area (TPSA) is 112 Å². The van der Waals surface area contributed by atoms with Gasteiger partial charge in [-0.2, -0.15) is 0 Å². The average Bonchev–Trinajstić information content (AvgIpc) is 3.65. The fourth-order valence-electron chi connectivity index (χ4n) is 4.79. The zero-order chi connectivity index (χ0) is 27.0. The van der Waals surface area contributed by atoms with Crippen LogP contribution < -0.4 is 5.32 Å². The Morgan fingerprint density at radius 3 is 2.61 bits per heavy atom. The molecule has 3 aromatic rings. The first-order valence-corrected chi connectivity index (χ1v) is 14.5. The Labute approximate surface area is 219 Å². The summed E-state index contributed by atoms with van der Waals surface area (Å²) < 4.78 is 66.0. The molecule has 1 aliphatic heterocycles. The van der Waals surface area contributed by atoms with Gasteiger partial charge in [0.25, 0.3) is 6.43 Å². The van der Waals surface area contributed by atoms with E-state index in [0.717, 1.165) is 31.9 Å². The fourth-order valence-corrected chi connectivity index (χ4v) is 5.67. The number of sulfone groups is 1. The Hall–Kier alpha value is -2.96. The minimum absolute atomic E-state index is 0.00251. The Bertz CT molecular complexity index is 1460. The van der Waals surface area contributed by atoms with Crippen molar-refractivity contribution in [2.24, 2.45) is 5.92 Å². The van der Waals surface area contributed by atoms with E-state index in [2.05, 4.69) is 15.3 Å². The van der Waals surface area contributed by atoms with Crippen LogP contribution in [0.3, 0.4) is 0 Å². The van der Waals surface area contributed by atoms with E-state index >= 15 is 0 Å². The van der Waals surface area contributed by atoms with Gasteiger partial charge in [0.2, 0.25) is 0 Å². The number of Topliss-reactive ketones (excluding diaryl/α,β-unsaturated/α-hetero) is 1. The number of nitrogens with one attached hydrogen (secondary N) is 1. The molecule has 12 heteroatoms. The van der Waals surface area contributed by atoms with Crippen LogP contribution in [-0.4, -0.2) is 48.7 Å². The van der Waals surface area contributed by atoms with Crippen LogP contribution in [-0.2, 0) is 37.1 Å². The third kappa shape index (κ3) is 5.57. The van der Waals surface area contributed by atoms with Crippen LogP contribution in [0.2, 0.25) is 0 Å². The molecule has 2 aromatic heterocycles. The van der Waals surface area contributed by atoms with Crippen LogP contribution in [0.15, 0.2) is 29.2 Å². The Morgan fingerprint density at radius 1 is 1.18 bits per heavy atom. The number of hydrogen-bond donors (Lipinski definition) is 1. The highest BCUT2D eigenvalue weighted by molar-refractivity contribution is 7.90. The maximum absolute atomic E-state index is 14.2. The van der Waals surface area contributed by atoms with Gasteiger partial charge in [0.1, 0.15) is 17.5 Å². The van der Waals surface area contributed by atoms with E-state index < -0.39 is 28.3 Å². The van der Waals surface area contributed by atoms with Crippen LogP contribution in [0, 0.1) is 5.92 Å². The second-order valence-electron chi connectivity index (χ2n) is 9.87. The fraction of sp³-hybridized carbons (Fsp3) is 0.500. The predicted molar refractivity (Wildman–Crippen MR) is 136 cm³/mol. The highest BCUT2D eigenvalue weighted by Gasteiger charge is 2.32. The molecule has 3 heterocycles. The molecule has 5 rings (SSSR count). The minimum Gasteiger partial charge on any atom is -0.380 e. The SMILES string of the molecule is COCc1ccc(Nc2cc(CC(=O)C3CC3)nc3c2nc(C(F)F)n3C2CCCCO2)c(S(C)(=O)=O)c1. The number of ketones is 1. The number of alkyl halides is 2. The Kier molecular flexibility index (Phi) is 7.47. The highest BCUT2D eigenvalue weighted by atomic mass is 32.2. The van der Waals surface area contributed by atoms with Crippen molar-refractivity contribution in [3.63, 3.8) is 0 Å². The molecule has 1 N–H and O–H groups in total. The van der Waals surface area contributed by atoms with Gasteiger partial charge in [0.05, 0.1) is 28.6 Å². The third-order valence-corrected chi connectivity index (χ3v) is 7.92. The quantitative estimate of drug-likeness (QED) is 0.381. The van der Waals surface area contributed by atoms with Crippen LogP contribution in [0.25, 0.3) is 11.2 Å². The van der Waals surface area contributed by atoms with Crippen molar-refractivity contribution < 1.29 is 31.5 Å². The van der Waals surface area contributed by atoms with Crippen molar-refractivity contribution in [1.29, 1.82) is 0 Å². The van der Waals surface area contributed by atoms with Gasteiger partial charge >= 0.3 is 0 Å². The largest absolute Gasteiger partial charge is 0.380 e. The number of imidazole rings is 1. The number of aromatic nitrogens is 3. The number of pyridine rings is 1. The zero-order valence-corrected chi connectivity index (χ0v) is 22.1. The van der Waals surface area contributed by atoms with Gasteiger partial charge in [0, 0.05) is 32.3 Å². The molecule has 1 atom stereocenters. The van der Waals surface area contributed by atoms with Crippen molar-refractivity contribution in [1.82, 2.24) is 14.5 Å². The van der Waals surface area contributed by atoms with E-state index in [1.54, 1.807) is 18.2 Å². The van der Waals surface area contributed by atoms with Gasteiger partial charge in [-0.3, -0.25) is 9.36 Å². The van der Waals surface area contributed by atoms with Gasteiger partial charge in [-0.05, 0) is 55.9 Å². The molecule has 0 amide bonds. The van der Waals surface area contributed by atoms with E-state index in [9.17, 15) is 22.0 Å². The molecule has 2 fully saturated rings. The first kappa shape index (κ1) is 26.6. The van der Waals surface area contributed by atoms with Crippen molar-refractivity contribution >= 4 is 38.2 Å². The number of anilines is 2. The standard InChI is InChI=1S/C26H30F2N4O5S/c1-36-14-15-6-9-18(21(11-15)38(2,34)35)30-19-12-17(13-20(33)16-7-8-16)29-25-23(19)31-26(24(27)28)32(25)22-5-3-4-10-37-22/h6,9,11-12,16,22,24H,3-5,7-8,10,13-14H2,1-2H3,(H,29,30). The first-order valence-electron chi connectivity index (χ1n) is 12.6. The number of nitrogens with zero attached hydrogens (tertiary/aromatic N) is 3. The lowest BCUT2D eigenvalue weighted by Gasteiger charge is -2.25. The van der Waals surface area contributed by atoms with Gasteiger partial charge in [0.15, 0.2) is 21.3 Å². The minimum atomic E-state index is -3.67. The lowest BCUT2D eigenvalue weighted by Crippen LogP contribution is -2.21. The number of rotatable bonds is 10. The monoisotopic (exact) mass is 548 g/mol. The molecular weight excluding hydrogens is 518 g/mol. The van der Waals surface area contributed by atoms with E-state index in [4.69, 9.17) is 9.47 Å². The summed E-state index contributed by atoms with van der Waals surface area (Å²) in [5, 5.41) is 3.10. The summed E-state index contributed by atoms with van der Waals surface area (Å²) in [6.07, 6.45) is 1.43. The molecule has 0 bridgehead atoms. The summed E-state index contributed by atoms with van der Waals surface area (Å²) in [5.41, 5.74) is 1.92. The van der Waals surface area contributed by atoms with Gasteiger partial charge in [-0.25, -0.2) is 27.2 Å². The Balaban J connectivity index is 1.66. The molecule has 1 saturated heterocycles. The van der Waals surface area contributed by atoms with Crippen molar-refractivity contribution in [3.05, 3.63) is 41.3 Å². The molecule has 0 spiro atoms. The van der Waals surface area contributed by atoms with Gasteiger partial charge in [-0.1, -0.05) is 6.07 Å². The molecule has 9 nitrogen and oxygen atoms in total. The lowest BCUT2D eigenvalue weighted by atomic mass is 10.1. The lowest BCUT2D eigenvalue weighted by molar-refractivity contribution is -0.119. The van der Waals surface area contributed by atoms with E-state index in [1.807, 2.05) is 0 Å². The predicted octanol–water partition coefficient (Wildman–Crippen LogP) is 4.88. The second kappa shape index (κ2) is 10.7. The normalized spacial score (nSPS) is 18.3. The number of methoxy groups -OCH3 is 1. The summed E-state index contributed by atoms with van der Waals surface area (Å²) in [5.74, 6) is -0.443. The summed E-state index contributed by atoms with van der Waals surface area (Å²) >= 11 is 0. The van der Waals surface area contributed by atoms with Crippen LogP contribution in [0.1, 0.15) is 61.8 Å². The molecular formula is C26H30F2N4O5S. The molecule has 38 heavy (non-hydrogen) atoms. The summed E-state index contributed by atoms with van der Waals surface area (Å²) in [4.78, 5) is 21.5. The molecule has 1 aliphatic carbocycles. The molecule has 1 aromatic carbocycles. The van der Waals surface area contributed by atoms with Crippen molar-refractivity contribution in [2.75, 3.05) is 25.3 Å². The zero-order valence-electron chi connectivity index (χ0n) is 21.2. The molecule has 1 unspecified atom stereocenters. The first-order chi connectivity index (χ1) is 18.2. The summed E-state index contributed by atoms with van der Waals surface area (Å²) in [6.45, 7) is 0.656. The molecule has 2 aliphatic rings. The number of carbonyl (C=O) groups excluding carboxylic acids is 1. The third-order valence-electron chi connectivity index (χ3n) is 6.78. The van der Waals surface area contributed by atoms with Crippen LogP contribution in [0.5, 0.6) is 0 Å². The number of carbonyl (C=O) groups is 1. The van der Waals surface area contributed by atoms with Gasteiger partial charge in [-0.15, -0.1) is 0 Å². The van der Waals surface area contributed by atoms with E-state index in [0.29, 0.717) is 24.3 Å². The number of halogens is 2. The summed E-state index contributed by atoms with van der Waals surface area (Å²) in [7, 11) is -2.16. The average molecular weight is 549 g/mol. The van der Waals surface area contributed by atoms with Crippen molar-refractivity contribution in [3.8, 4) is 0 Å².